The molecule has 0 aromatic carbocycles. The molecular weight excluding hydrogens is 248 g/mol. The quantitative estimate of drug-likeness (QED) is 0.482. The number of carbonyl (C=O) groups excluding carboxylic acids is 2. The van der Waals surface area contributed by atoms with E-state index in [0.717, 1.165) is 0 Å². The number of hydrogen-bond acceptors (Lipinski definition) is 5. The number of ether oxygens (including phenoxy) is 2. The predicted molar refractivity (Wildman–Crippen MR) is 69.0 cm³/mol. The largest absolute Gasteiger partial charge is 0.451 e. The van der Waals surface area contributed by atoms with Gasteiger partial charge in [-0.25, -0.2) is 4.79 Å². The van der Waals surface area contributed by atoms with Crippen molar-refractivity contribution in [2.75, 3.05) is 20.2 Å². The van der Waals surface area contributed by atoms with Crippen LogP contribution in [0.5, 0.6) is 0 Å². The summed E-state index contributed by atoms with van der Waals surface area (Å²) >= 11 is 0. The number of rotatable bonds is 8. The van der Waals surface area contributed by atoms with Crippen LogP contribution >= 0.6 is 0 Å². The Morgan fingerprint density at radius 2 is 2.05 bits per heavy atom. The van der Waals surface area contributed by atoms with E-state index in [-0.39, 0.29) is 18.9 Å². The van der Waals surface area contributed by atoms with Crippen LogP contribution in [-0.2, 0) is 19.1 Å². The molecule has 106 valence electrons. The van der Waals surface area contributed by atoms with Crippen molar-refractivity contribution in [3.8, 4) is 6.07 Å². The number of hydrogen-bond donors (Lipinski definition) is 0. The van der Waals surface area contributed by atoms with Gasteiger partial charge in [0.25, 0.3) is 5.91 Å². The van der Waals surface area contributed by atoms with Gasteiger partial charge in [-0.1, -0.05) is 6.08 Å². The Labute approximate surface area is 113 Å². The second kappa shape index (κ2) is 9.11. The molecule has 0 aromatic heterocycles. The molecule has 19 heavy (non-hydrogen) atoms. The van der Waals surface area contributed by atoms with Crippen LogP contribution in [0.2, 0.25) is 0 Å². The van der Waals surface area contributed by atoms with Crippen LogP contribution in [0, 0.1) is 11.3 Å². The van der Waals surface area contributed by atoms with Gasteiger partial charge >= 0.3 is 5.97 Å². The van der Waals surface area contributed by atoms with E-state index in [0.29, 0.717) is 6.54 Å². The highest BCUT2D eigenvalue weighted by Gasteiger charge is 2.24. The molecule has 0 radical (unpaired) electrons. The van der Waals surface area contributed by atoms with Crippen LogP contribution < -0.4 is 0 Å². The van der Waals surface area contributed by atoms with E-state index < -0.39 is 18.2 Å². The Bertz CT molecular complexity index is 362. The van der Waals surface area contributed by atoms with Gasteiger partial charge in [0.1, 0.15) is 0 Å². The van der Waals surface area contributed by atoms with Crippen LogP contribution in [0.4, 0.5) is 0 Å². The summed E-state index contributed by atoms with van der Waals surface area (Å²) in [5, 5.41) is 8.44. The molecule has 0 rings (SSSR count). The number of amides is 1. The van der Waals surface area contributed by atoms with Gasteiger partial charge in [-0.15, -0.1) is 6.58 Å². The van der Waals surface area contributed by atoms with Crippen molar-refractivity contribution in [1.82, 2.24) is 4.90 Å². The molecule has 0 aliphatic rings. The summed E-state index contributed by atoms with van der Waals surface area (Å²) in [6, 6.07) is 1.94. The Kier molecular flexibility index (Phi) is 8.22. The Hall–Kier alpha value is -1.87. The highest BCUT2D eigenvalue weighted by atomic mass is 16.6. The van der Waals surface area contributed by atoms with Crippen molar-refractivity contribution in [1.29, 1.82) is 5.26 Å². The Balaban J connectivity index is 4.24. The van der Waals surface area contributed by atoms with E-state index in [1.54, 1.807) is 14.0 Å². The molecule has 0 aliphatic carbocycles. The third-order valence-electron chi connectivity index (χ3n) is 2.37. The molecule has 0 fully saturated rings. The lowest BCUT2D eigenvalue weighted by molar-refractivity contribution is -0.166. The zero-order valence-corrected chi connectivity index (χ0v) is 11.6. The molecule has 0 heterocycles. The van der Waals surface area contributed by atoms with Crippen molar-refractivity contribution >= 4 is 11.9 Å². The molecule has 0 aliphatic heterocycles. The second-order valence-corrected chi connectivity index (χ2v) is 4.01. The van der Waals surface area contributed by atoms with Crippen molar-refractivity contribution in [3.05, 3.63) is 12.7 Å². The maximum absolute atomic E-state index is 11.8. The smallest absolute Gasteiger partial charge is 0.335 e. The fraction of sp³-hybridized carbons (Fsp3) is 0.615. The molecule has 0 bridgehead atoms. The van der Waals surface area contributed by atoms with E-state index in [4.69, 9.17) is 14.7 Å². The molecule has 6 heteroatoms. The predicted octanol–water partition coefficient (Wildman–Crippen LogP) is 0.881. The van der Waals surface area contributed by atoms with Gasteiger partial charge in [0.05, 0.1) is 19.1 Å². The van der Waals surface area contributed by atoms with Crippen molar-refractivity contribution in [3.63, 3.8) is 0 Å². The van der Waals surface area contributed by atoms with Gasteiger partial charge in [-0.3, -0.25) is 4.79 Å². The zero-order chi connectivity index (χ0) is 14.8. The molecule has 0 spiro atoms. The van der Waals surface area contributed by atoms with Gasteiger partial charge in [0, 0.05) is 13.6 Å². The standard InChI is InChI=1S/C13H20N2O4/c1-5-9-18-11(3)13(17)19-10(2)12(16)15(4)8-6-7-14/h5,10-11H,1,6,8-9H2,2-4H3. The molecular formula is C13H20N2O4. The Morgan fingerprint density at radius 3 is 2.58 bits per heavy atom. The van der Waals surface area contributed by atoms with E-state index >= 15 is 0 Å². The topological polar surface area (TPSA) is 79.6 Å². The average Bonchev–Trinajstić information content (AvgIpc) is 2.40. The van der Waals surface area contributed by atoms with E-state index in [1.165, 1.54) is 17.9 Å². The van der Waals surface area contributed by atoms with Gasteiger partial charge in [0.15, 0.2) is 12.2 Å². The first-order valence-corrected chi connectivity index (χ1v) is 5.99. The number of likely N-dealkylation sites (N-methyl/N-ethyl adjacent to an activating group) is 1. The van der Waals surface area contributed by atoms with Crippen LogP contribution in [0.1, 0.15) is 20.3 Å². The number of nitriles is 1. The maximum Gasteiger partial charge on any atom is 0.335 e. The summed E-state index contributed by atoms with van der Waals surface area (Å²) < 4.78 is 10.1. The van der Waals surface area contributed by atoms with Crippen molar-refractivity contribution in [2.24, 2.45) is 0 Å². The van der Waals surface area contributed by atoms with Crippen LogP contribution in [0.3, 0.4) is 0 Å². The lowest BCUT2D eigenvalue weighted by Gasteiger charge is -2.21. The van der Waals surface area contributed by atoms with Crippen LogP contribution in [0.15, 0.2) is 12.7 Å². The fourth-order valence-electron chi connectivity index (χ4n) is 1.24. The average molecular weight is 268 g/mol. The summed E-state index contributed by atoms with van der Waals surface area (Å²) in [6.45, 7) is 7.04. The van der Waals surface area contributed by atoms with Gasteiger partial charge in [-0.05, 0) is 13.8 Å². The minimum absolute atomic E-state index is 0.237. The van der Waals surface area contributed by atoms with E-state index in [2.05, 4.69) is 6.58 Å². The normalized spacial score (nSPS) is 12.9. The Morgan fingerprint density at radius 1 is 1.42 bits per heavy atom. The molecule has 0 saturated heterocycles. The van der Waals surface area contributed by atoms with E-state index in [9.17, 15) is 9.59 Å². The van der Waals surface area contributed by atoms with Gasteiger partial charge in [-0.2, -0.15) is 5.26 Å². The summed E-state index contributed by atoms with van der Waals surface area (Å²) in [5.74, 6) is -0.948. The first-order valence-electron chi connectivity index (χ1n) is 5.99. The number of nitrogens with zero attached hydrogens (tertiary/aromatic N) is 2. The lowest BCUT2D eigenvalue weighted by Crippen LogP contribution is -2.39. The molecule has 0 N–H and O–H groups in total. The third-order valence-corrected chi connectivity index (χ3v) is 2.37. The molecule has 2 unspecified atom stereocenters. The van der Waals surface area contributed by atoms with Gasteiger partial charge < -0.3 is 14.4 Å². The first kappa shape index (κ1) is 17.1. The second-order valence-electron chi connectivity index (χ2n) is 4.01. The minimum Gasteiger partial charge on any atom is -0.451 e. The molecule has 1 amide bonds. The number of esters is 1. The monoisotopic (exact) mass is 268 g/mol. The van der Waals surface area contributed by atoms with Crippen molar-refractivity contribution < 1.29 is 19.1 Å². The van der Waals surface area contributed by atoms with Crippen LogP contribution in [-0.4, -0.2) is 49.2 Å². The summed E-state index contributed by atoms with van der Waals surface area (Å²) in [6.07, 6.45) is 0.110. The molecule has 2 atom stereocenters. The fourth-order valence-corrected chi connectivity index (χ4v) is 1.24. The lowest BCUT2D eigenvalue weighted by atomic mass is 10.3. The zero-order valence-electron chi connectivity index (χ0n) is 11.6. The molecule has 6 nitrogen and oxygen atoms in total. The van der Waals surface area contributed by atoms with Crippen LogP contribution in [0.25, 0.3) is 0 Å². The first-order chi connectivity index (χ1) is 8.93. The molecule has 0 aromatic rings. The third kappa shape index (κ3) is 6.58. The summed E-state index contributed by atoms with van der Waals surface area (Å²) in [4.78, 5) is 24.8. The summed E-state index contributed by atoms with van der Waals surface area (Å²) in [7, 11) is 1.56. The SMILES string of the molecule is C=CCOC(C)C(=O)OC(C)C(=O)N(C)CCC#N. The van der Waals surface area contributed by atoms with Crippen molar-refractivity contribution in [2.45, 2.75) is 32.5 Å². The van der Waals surface area contributed by atoms with E-state index in [1.807, 2.05) is 6.07 Å². The highest BCUT2D eigenvalue weighted by Crippen LogP contribution is 2.03. The summed E-state index contributed by atoms with van der Waals surface area (Å²) in [5.41, 5.74) is 0. The minimum atomic E-state index is -0.897. The maximum atomic E-state index is 11.8. The highest BCUT2D eigenvalue weighted by molar-refractivity contribution is 5.84. The van der Waals surface area contributed by atoms with Gasteiger partial charge in [0.2, 0.25) is 0 Å². The molecule has 0 saturated carbocycles. The number of carbonyl (C=O) groups is 2.